The third kappa shape index (κ3) is 4.91. The van der Waals surface area contributed by atoms with Gasteiger partial charge in [-0.15, -0.1) is 0 Å². The van der Waals surface area contributed by atoms with Crippen LogP contribution in [-0.4, -0.2) is 15.5 Å². The Morgan fingerprint density at radius 2 is 1.59 bits per heavy atom. The van der Waals surface area contributed by atoms with E-state index < -0.39 is 0 Å². The molecule has 0 aliphatic carbocycles. The zero-order valence-corrected chi connectivity index (χ0v) is 19.1. The highest BCUT2D eigenvalue weighted by molar-refractivity contribution is 5.79. The van der Waals surface area contributed by atoms with Crippen molar-refractivity contribution >= 4 is 16.9 Å². The number of amides is 1. The molecule has 4 aromatic rings. The maximum Gasteiger partial charge on any atom is 0.224 e. The summed E-state index contributed by atoms with van der Waals surface area (Å²) >= 11 is 0. The fourth-order valence-electron chi connectivity index (χ4n) is 4.10. The van der Waals surface area contributed by atoms with E-state index in [0.29, 0.717) is 12.3 Å². The van der Waals surface area contributed by atoms with Crippen LogP contribution in [0.5, 0.6) is 0 Å². The van der Waals surface area contributed by atoms with Crippen molar-refractivity contribution in [2.45, 2.75) is 52.1 Å². The second-order valence-corrected chi connectivity index (χ2v) is 8.55. The number of benzene rings is 3. The molecule has 2 atom stereocenters. The lowest BCUT2D eigenvalue weighted by Crippen LogP contribution is -2.30. The maximum absolute atomic E-state index is 12.7. The van der Waals surface area contributed by atoms with E-state index in [1.807, 2.05) is 55.5 Å². The van der Waals surface area contributed by atoms with E-state index in [9.17, 15) is 4.79 Å². The summed E-state index contributed by atoms with van der Waals surface area (Å²) in [6.45, 7) is 7.20. The van der Waals surface area contributed by atoms with E-state index in [1.165, 1.54) is 11.1 Å². The first kappa shape index (κ1) is 21.8. The Kier molecular flexibility index (Phi) is 6.69. The average molecular weight is 426 g/mol. The Labute approximate surface area is 190 Å². The van der Waals surface area contributed by atoms with Gasteiger partial charge < -0.3 is 9.88 Å². The third-order valence-corrected chi connectivity index (χ3v) is 6.16. The fourth-order valence-corrected chi connectivity index (χ4v) is 4.10. The normalized spacial score (nSPS) is 13.1. The molecular weight excluding hydrogens is 394 g/mol. The Hall–Kier alpha value is -3.40. The Bertz CT molecular complexity index is 1180. The first-order valence-electron chi connectivity index (χ1n) is 11.4. The van der Waals surface area contributed by atoms with Crippen LogP contribution in [0, 0.1) is 0 Å². The quantitative estimate of drug-likeness (QED) is 0.375. The lowest BCUT2D eigenvalue weighted by molar-refractivity contribution is -0.121. The fraction of sp³-hybridized carbons (Fsp3) is 0.286. The van der Waals surface area contributed by atoms with Gasteiger partial charge in [0.05, 0.1) is 23.5 Å². The molecule has 0 bridgehead atoms. The number of rotatable bonds is 8. The summed E-state index contributed by atoms with van der Waals surface area (Å²) in [5, 5.41) is 3.14. The summed E-state index contributed by atoms with van der Waals surface area (Å²) in [6, 6.07) is 26.7. The average Bonchev–Trinajstić information content (AvgIpc) is 3.18. The zero-order chi connectivity index (χ0) is 22.5. The smallest absolute Gasteiger partial charge is 0.224 e. The third-order valence-electron chi connectivity index (χ3n) is 6.16. The van der Waals surface area contributed by atoms with Crippen LogP contribution >= 0.6 is 0 Å². The van der Waals surface area contributed by atoms with E-state index >= 15 is 0 Å². The van der Waals surface area contributed by atoms with Gasteiger partial charge in [0.25, 0.3) is 0 Å². The molecule has 1 amide bonds. The molecule has 0 radical (unpaired) electrons. The van der Waals surface area contributed by atoms with Crippen molar-refractivity contribution in [1.29, 1.82) is 0 Å². The molecule has 0 fully saturated rings. The standard InChI is InChI=1S/C28H31N3O/c1-4-20(2)24-16-14-23(15-17-24)19-31-26-13-9-8-12-25(26)30-28(31)21(3)29-27(32)18-22-10-6-5-7-11-22/h5-17,20-21H,4,18-19H2,1-3H3,(H,29,32). The highest BCUT2D eigenvalue weighted by atomic mass is 16.1. The van der Waals surface area contributed by atoms with Crippen LogP contribution in [0.4, 0.5) is 0 Å². The molecule has 4 nitrogen and oxygen atoms in total. The summed E-state index contributed by atoms with van der Waals surface area (Å²) in [5.74, 6) is 1.44. The van der Waals surface area contributed by atoms with Gasteiger partial charge in [0.2, 0.25) is 5.91 Å². The molecule has 4 heteroatoms. The number of carbonyl (C=O) groups is 1. The van der Waals surface area contributed by atoms with Gasteiger partial charge >= 0.3 is 0 Å². The molecule has 1 N–H and O–H groups in total. The predicted octanol–water partition coefficient (Wildman–Crippen LogP) is 6.02. The van der Waals surface area contributed by atoms with Crippen molar-refractivity contribution in [2.24, 2.45) is 0 Å². The summed E-state index contributed by atoms with van der Waals surface area (Å²) < 4.78 is 2.22. The van der Waals surface area contributed by atoms with Crippen molar-refractivity contribution in [2.75, 3.05) is 0 Å². The van der Waals surface area contributed by atoms with Crippen LogP contribution in [0.25, 0.3) is 11.0 Å². The van der Waals surface area contributed by atoms with Crippen molar-refractivity contribution in [1.82, 2.24) is 14.9 Å². The van der Waals surface area contributed by atoms with Crippen molar-refractivity contribution in [3.8, 4) is 0 Å². The molecule has 1 heterocycles. The van der Waals surface area contributed by atoms with E-state index in [2.05, 4.69) is 54.1 Å². The highest BCUT2D eigenvalue weighted by Crippen LogP contribution is 2.24. The summed E-state index contributed by atoms with van der Waals surface area (Å²) in [4.78, 5) is 17.5. The van der Waals surface area contributed by atoms with Gasteiger partial charge in [-0.3, -0.25) is 4.79 Å². The van der Waals surface area contributed by atoms with Crippen LogP contribution in [0.3, 0.4) is 0 Å². The minimum atomic E-state index is -0.196. The summed E-state index contributed by atoms with van der Waals surface area (Å²) in [6.07, 6.45) is 1.50. The summed E-state index contributed by atoms with van der Waals surface area (Å²) in [5.41, 5.74) is 5.63. The molecular formula is C28H31N3O. The van der Waals surface area contributed by atoms with E-state index in [1.54, 1.807) is 0 Å². The minimum Gasteiger partial charge on any atom is -0.346 e. The van der Waals surface area contributed by atoms with Crippen molar-refractivity contribution in [3.05, 3.63) is 101 Å². The Morgan fingerprint density at radius 3 is 2.31 bits per heavy atom. The van der Waals surface area contributed by atoms with Crippen LogP contribution in [0.2, 0.25) is 0 Å². The first-order valence-corrected chi connectivity index (χ1v) is 11.4. The van der Waals surface area contributed by atoms with Gasteiger partial charge in [0.1, 0.15) is 5.82 Å². The van der Waals surface area contributed by atoms with Gasteiger partial charge in [0.15, 0.2) is 0 Å². The predicted molar refractivity (Wildman–Crippen MR) is 131 cm³/mol. The van der Waals surface area contributed by atoms with E-state index in [0.717, 1.165) is 35.4 Å². The minimum absolute atomic E-state index is 0.000197. The first-order chi connectivity index (χ1) is 15.5. The Balaban J connectivity index is 1.57. The topological polar surface area (TPSA) is 46.9 Å². The molecule has 1 aromatic heterocycles. The number of nitrogens with zero attached hydrogens (tertiary/aromatic N) is 2. The molecule has 164 valence electrons. The maximum atomic E-state index is 12.7. The Morgan fingerprint density at radius 1 is 0.906 bits per heavy atom. The van der Waals surface area contributed by atoms with Gasteiger partial charge in [-0.25, -0.2) is 4.98 Å². The van der Waals surface area contributed by atoms with Gasteiger partial charge in [-0.05, 0) is 48.1 Å². The molecule has 0 aliphatic rings. The number of fused-ring (bicyclic) bond motifs is 1. The monoisotopic (exact) mass is 425 g/mol. The van der Waals surface area contributed by atoms with Crippen LogP contribution < -0.4 is 5.32 Å². The van der Waals surface area contributed by atoms with Gasteiger partial charge in [0, 0.05) is 6.54 Å². The molecule has 0 spiro atoms. The number of hydrogen-bond acceptors (Lipinski definition) is 2. The highest BCUT2D eigenvalue weighted by Gasteiger charge is 2.19. The summed E-state index contributed by atoms with van der Waals surface area (Å²) in [7, 11) is 0. The van der Waals surface area contributed by atoms with Crippen LogP contribution in [0.1, 0.15) is 61.7 Å². The van der Waals surface area contributed by atoms with Crippen LogP contribution in [-0.2, 0) is 17.8 Å². The van der Waals surface area contributed by atoms with Gasteiger partial charge in [-0.1, -0.05) is 80.6 Å². The zero-order valence-electron chi connectivity index (χ0n) is 19.1. The van der Waals surface area contributed by atoms with Gasteiger partial charge in [-0.2, -0.15) is 0 Å². The molecule has 3 aromatic carbocycles. The molecule has 0 saturated carbocycles. The van der Waals surface area contributed by atoms with E-state index in [4.69, 9.17) is 4.98 Å². The molecule has 0 aliphatic heterocycles. The lowest BCUT2D eigenvalue weighted by Gasteiger charge is -2.17. The number of nitrogens with one attached hydrogen (secondary N) is 1. The van der Waals surface area contributed by atoms with Crippen LogP contribution in [0.15, 0.2) is 78.9 Å². The number of carbonyl (C=O) groups excluding carboxylic acids is 1. The largest absolute Gasteiger partial charge is 0.346 e. The van der Waals surface area contributed by atoms with E-state index in [-0.39, 0.29) is 11.9 Å². The second kappa shape index (κ2) is 9.82. The molecule has 32 heavy (non-hydrogen) atoms. The molecule has 0 saturated heterocycles. The second-order valence-electron chi connectivity index (χ2n) is 8.55. The number of para-hydroxylation sites is 2. The molecule has 4 rings (SSSR count). The number of hydrogen-bond donors (Lipinski definition) is 1. The number of aromatic nitrogens is 2. The molecule has 2 unspecified atom stereocenters. The van der Waals surface area contributed by atoms with Crippen molar-refractivity contribution < 1.29 is 4.79 Å². The number of imidazole rings is 1. The van der Waals surface area contributed by atoms with Crippen molar-refractivity contribution in [3.63, 3.8) is 0 Å². The SMILES string of the molecule is CCC(C)c1ccc(Cn2c(C(C)NC(=O)Cc3ccccc3)nc3ccccc32)cc1. The lowest BCUT2D eigenvalue weighted by atomic mass is 9.97.